The summed E-state index contributed by atoms with van der Waals surface area (Å²) in [5.41, 5.74) is -2.24. The average molecular weight is 351 g/mol. The molecule has 1 aromatic rings. The van der Waals surface area contributed by atoms with E-state index in [2.05, 4.69) is 0 Å². The lowest BCUT2D eigenvalue weighted by Gasteiger charge is -2.34. The Balaban J connectivity index is 3.09. The van der Waals surface area contributed by atoms with Crippen LogP contribution in [0, 0.1) is 0 Å². The Morgan fingerprint density at radius 3 is 2.22 bits per heavy atom. The summed E-state index contributed by atoms with van der Waals surface area (Å²) in [7, 11) is 0. The maximum Gasteiger partial charge on any atom is 0.418 e. The maximum atomic E-state index is 13.0. The first-order chi connectivity index (χ1) is 10.4. The van der Waals surface area contributed by atoms with Crippen LogP contribution in [-0.4, -0.2) is 28.8 Å². The molecule has 0 heterocycles. The summed E-state index contributed by atoms with van der Waals surface area (Å²) < 4.78 is 39.0. The molecule has 8 heteroatoms. The lowest BCUT2D eigenvalue weighted by molar-refractivity contribution is -0.146. The molecule has 2 amide bonds. The number of hydrogen-bond donors (Lipinski definition) is 1. The van der Waals surface area contributed by atoms with E-state index in [1.807, 2.05) is 5.32 Å². The van der Waals surface area contributed by atoms with Crippen LogP contribution < -0.4 is 5.32 Å². The van der Waals surface area contributed by atoms with E-state index in [4.69, 9.17) is 11.6 Å². The lowest BCUT2D eigenvalue weighted by Crippen LogP contribution is -2.50. The molecule has 1 aromatic carbocycles. The van der Waals surface area contributed by atoms with E-state index in [9.17, 15) is 22.8 Å². The summed E-state index contributed by atoms with van der Waals surface area (Å²) in [6, 6.07) is 2.92. The molecule has 0 bridgehead atoms. The smallest absolute Gasteiger partial charge is 0.330 e. The molecule has 4 nitrogen and oxygen atoms in total. The zero-order chi connectivity index (χ0) is 18.0. The molecule has 0 aliphatic rings. The normalized spacial score (nSPS) is 12.0. The van der Waals surface area contributed by atoms with E-state index < -0.39 is 34.8 Å². The van der Waals surface area contributed by atoms with Crippen molar-refractivity contribution < 1.29 is 22.8 Å². The monoisotopic (exact) mass is 350 g/mol. The quantitative estimate of drug-likeness (QED) is 0.821. The average Bonchev–Trinajstić information content (AvgIpc) is 2.38. The number of carbonyl (C=O) groups is 2. The van der Waals surface area contributed by atoms with Gasteiger partial charge in [0, 0.05) is 17.1 Å². The van der Waals surface area contributed by atoms with Gasteiger partial charge in [0.25, 0.3) is 0 Å². The molecule has 0 unspecified atom stereocenters. The summed E-state index contributed by atoms with van der Waals surface area (Å²) in [5, 5.41) is 1.90. The van der Waals surface area contributed by atoms with Crippen molar-refractivity contribution in [3.05, 3.63) is 28.8 Å². The van der Waals surface area contributed by atoms with Crippen LogP contribution in [0.15, 0.2) is 18.2 Å². The predicted molar refractivity (Wildman–Crippen MR) is 82.2 cm³/mol. The highest BCUT2D eigenvalue weighted by atomic mass is 35.5. The van der Waals surface area contributed by atoms with Gasteiger partial charge in [0.05, 0.1) is 11.3 Å². The standard InChI is InChI=1S/C15H18ClF3N2O2/c1-5-21(14(2,3)4)13(23)12(22)20-11-7-6-9(16)8-10(11)15(17,18)19/h6-8H,5H2,1-4H3,(H,20,22). The SMILES string of the molecule is CCN(C(=O)C(=O)Nc1ccc(Cl)cc1C(F)(F)F)C(C)(C)C. The molecule has 1 rings (SSSR count). The van der Waals surface area contributed by atoms with Gasteiger partial charge in [0.1, 0.15) is 0 Å². The van der Waals surface area contributed by atoms with E-state index in [1.54, 1.807) is 27.7 Å². The number of carbonyl (C=O) groups excluding carboxylic acids is 2. The molecule has 0 fully saturated rings. The largest absolute Gasteiger partial charge is 0.418 e. The van der Waals surface area contributed by atoms with Crippen LogP contribution in [0.2, 0.25) is 5.02 Å². The van der Waals surface area contributed by atoms with E-state index in [1.165, 1.54) is 11.0 Å². The Morgan fingerprint density at radius 2 is 1.78 bits per heavy atom. The van der Waals surface area contributed by atoms with Crippen LogP contribution in [0.4, 0.5) is 18.9 Å². The van der Waals surface area contributed by atoms with Crippen molar-refractivity contribution in [2.24, 2.45) is 0 Å². The second-order valence-electron chi connectivity index (χ2n) is 5.86. The van der Waals surface area contributed by atoms with Gasteiger partial charge in [-0.2, -0.15) is 13.2 Å². The van der Waals surface area contributed by atoms with E-state index >= 15 is 0 Å². The van der Waals surface area contributed by atoms with Crippen molar-refractivity contribution in [1.82, 2.24) is 4.90 Å². The van der Waals surface area contributed by atoms with Gasteiger partial charge in [0.15, 0.2) is 0 Å². The third-order valence-electron chi connectivity index (χ3n) is 3.10. The number of anilines is 1. The van der Waals surface area contributed by atoms with Crippen LogP contribution in [0.5, 0.6) is 0 Å². The lowest BCUT2D eigenvalue weighted by atomic mass is 10.1. The predicted octanol–water partition coefficient (Wildman–Crippen LogP) is 3.94. The van der Waals surface area contributed by atoms with Crippen LogP contribution in [-0.2, 0) is 15.8 Å². The molecular weight excluding hydrogens is 333 g/mol. The molecule has 0 saturated heterocycles. The number of benzene rings is 1. The van der Waals surface area contributed by atoms with Crippen LogP contribution in [0.3, 0.4) is 0 Å². The van der Waals surface area contributed by atoms with Crippen molar-refractivity contribution in [2.75, 3.05) is 11.9 Å². The van der Waals surface area contributed by atoms with E-state index in [-0.39, 0.29) is 11.6 Å². The minimum Gasteiger partial charge on any atom is -0.330 e. The van der Waals surface area contributed by atoms with Crippen LogP contribution >= 0.6 is 11.6 Å². The molecule has 23 heavy (non-hydrogen) atoms. The molecule has 0 spiro atoms. The number of alkyl halides is 3. The van der Waals surface area contributed by atoms with Crippen molar-refractivity contribution >= 4 is 29.1 Å². The highest BCUT2D eigenvalue weighted by molar-refractivity contribution is 6.39. The third-order valence-corrected chi connectivity index (χ3v) is 3.34. The fraction of sp³-hybridized carbons (Fsp3) is 0.467. The number of nitrogens with one attached hydrogen (secondary N) is 1. The van der Waals surface area contributed by atoms with Crippen LogP contribution in [0.25, 0.3) is 0 Å². The molecule has 128 valence electrons. The Bertz CT molecular complexity index is 610. The summed E-state index contributed by atoms with van der Waals surface area (Å²) in [6.45, 7) is 7.11. The highest BCUT2D eigenvalue weighted by Crippen LogP contribution is 2.36. The molecule has 0 radical (unpaired) electrons. The molecule has 0 aromatic heterocycles. The van der Waals surface area contributed by atoms with Gasteiger partial charge in [-0.3, -0.25) is 9.59 Å². The second-order valence-corrected chi connectivity index (χ2v) is 6.30. The fourth-order valence-electron chi connectivity index (χ4n) is 2.08. The van der Waals surface area contributed by atoms with Gasteiger partial charge in [-0.25, -0.2) is 0 Å². The van der Waals surface area contributed by atoms with Crippen molar-refractivity contribution in [2.45, 2.75) is 39.4 Å². The highest BCUT2D eigenvalue weighted by Gasteiger charge is 2.36. The molecular formula is C15H18ClF3N2O2. The topological polar surface area (TPSA) is 49.4 Å². The summed E-state index contributed by atoms with van der Waals surface area (Å²) in [4.78, 5) is 25.5. The Morgan fingerprint density at radius 1 is 1.22 bits per heavy atom. The molecule has 0 atom stereocenters. The van der Waals surface area contributed by atoms with E-state index in [0.717, 1.165) is 6.07 Å². The third kappa shape index (κ3) is 4.86. The Labute approximate surface area is 137 Å². The van der Waals surface area contributed by atoms with Gasteiger partial charge in [0.2, 0.25) is 0 Å². The number of hydrogen-bond acceptors (Lipinski definition) is 2. The van der Waals surface area contributed by atoms with Gasteiger partial charge in [-0.05, 0) is 45.9 Å². The van der Waals surface area contributed by atoms with Gasteiger partial charge >= 0.3 is 18.0 Å². The Hall–Kier alpha value is -1.76. The minimum absolute atomic E-state index is 0.119. The maximum absolute atomic E-state index is 13.0. The first-order valence-electron chi connectivity index (χ1n) is 6.87. The van der Waals surface area contributed by atoms with Crippen molar-refractivity contribution in [1.29, 1.82) is 0 Å². The minimum atomic E-state index is -4.70. The van der Waals surface area contributed by atoms with Crippen molar-refractivity contribution in [3.63, 3.8) is 0 Å². The van der Waals surface area contributed by atoms with Crippen molar-refractivity contribution in [3.8, 4) is 0 Å². The Kier molecular flexibility index (Phi) is 5.69. The van der Waals surface area contributed by atoms with E-state index in [0.29, 0.717) is 6.07 Å². The summed E-state index contributed by atoms with van der Waals surface area (Å²) >= 11 is 5.57. The van der Waals surface area contributed by atoms with Gasteiger partial charge < -0.3 is 10.2 Å². The number of likely N-dealkylation sites (N-methyl/N-ethyl adjacent to an activating group) is 1. The van der Waals surface area contributed by atoms with Gasteiger partial charge in [-0.1, -0.05) is 11.6 Å². The summed E-state index contributed by atoms with van der Waals surface area (Å²) in [5.74, 6) is -2.03. The summed E-state index contributed by atoms with van der Waals surface area (Å²) in [6.07, 6.45) is -4.70. The number of nitrogens with zero attached hydrogens (tertiary/aromatic N) is 1. The molecule has 0 saturated carbocycles. The zero-order valence-corrected chi connectivity index (χ0v) is 14.0. The van der Waals surface area contributed by atoms with Crippen LogP contribution in [0.1, 0.15) is 33.3 Å². The first-order valence-corrected chi connectivity index (χ1v) is 7.25. The number of amides is 2. The first kappa shape index (κ1) is 19.3. The molecule has 0 aliphatic heterocycles. The fourth-order valence-corrected chi connectivity index (χ4v) is 2.25. The molecule has 0 aliphatic carbocycles. The zero-order valence-electron chi connectivity index (χ0n) is 13.2. The second kappa shape index (κ2) is 6.78. The molecule has 1 N–H and O–H groups in total. The number of rotatable bonds is 2. The van der Waals surface area contributed by atoms with Gasteiger partial charge in [-0.15, -0.1) is 0 Å². The number of halogens is 4.